The van der Waals surface area contributed by atoms with Gasteiger partial charge in [0.2, 0.25) is 0 Å². The van der Waals surface area contributed by atoms with Gasteiger partial charge in [0, 0.05) is 6.61 Å². The molecule has 1 atom stereocenters. The zero-order valence-corrected chi connectivity index (χ0v) is 6.81. The molecule has 1 aliphatic rings. The smallest absolute Gasteiger partial charge is 0.0606 e. The fraction of sp³-hybridized carbons (Fsp3) is 0.889. The number of hydrogen-bond donors (Lipinski definition) is 0. The maximum absolute atomic E-state index is 5.52. The lowest BCUT2D eigenvalue weighted by Gasteiger charge is -2.21. The second-order valence-electron chi connectivity index (χ2n) is 2.93. The van der Waals surface area contributed by atoms with E-state index < -0.39 is 0 Å². The monoisotopic (exact) mass is 141 g/mol. The van der Waals surface area contributed by atoms with Crippen molar-refractivity contribution in [3.05, 3.63) is 6.42 Å². The lowest BCUT2D eigenvalue weighted by Crippen LogP contribution is -2.19. The van der Waals surface area contributed by atoms with Crippen LogP contribution in [0.3, 0.4) is 0 Å². The van der Waals surface area contributed by atoms with Crippen LogP contribution in [0.15, 0.2) is 0 Å². The molecule has 0 N–H and O–H groups in total. The SMILES string of the molecule is CCCC[C@H]1[CH]CCCO1. The third-order valence-electron chi connectivity index (χ3n) is 1.95. The predicted molar refractivity (Wildman–Crippen MR) is 42.8 cm³/mol. The first-order chi connectivity index (χ1) is 4.93. The summed E-state index contributed by atoms with van der Waals surface area (Å²) in [5, 5.41) is 0. The van der Waals surface area contributed by atoms with Gasteiger partial charge in [-0.15, -0.1) is 0 Å². The molecule has 10 heavy (non-hydrogen) atoms. The molecule has 1 heterocycles. The van der Waals surface area contributed by atoms with Gasteiger partial charge in [0.05, 0.1) is 6.10 Å². The Morgan fingerprint density at radius 3 is 3.10 bits per heavy atom. The standard InChI is InChI=1S/C9H17O/c1-2-3-6-9-7-4-5-8-10-9/h7,9H,2-6,8H2,1H3/t9-/m0/s1. The number of hydrogen-bond acceptors (Lipinski definition) is 1. The average Bonchev–Trinajstić information content (AvgIpc) is 2.03. The zero-order chi connectivity index (χ0) is 7.23. The number of ether oxygens (including phenoxy) is 1. The van der Waals surface area contributed by atoms with Gasteiger partial charge in [-0.25, -0.2) is 0 Å². The molecule has 1 heteroatoms. The van der Waals surface area contributed by atoms with E-state index in [1.165, 1.54) is 32.1 Å². The Morgan fingerprint density at radius 2 is 2.50 bits per heavy atom. The third kappa shape index (κ3) is 2.70. The Bertz CT molecular complexity index is 74.8. The third-order valence-corrected chi connectivity index (χ3v) is 1.95. The van der Waals surface area contributed by atoms with Crippen LogP contribution in [-0.2, 0) is 4.74 Å². The van der Waals surface area contributed by atoms with Crippen molar-refractivity contribution >= 4 is 0 Å². The highest BCUT2D eigenvalue weighted by Gasteiger charge is 2.12. The summed E-state index contributed by atoms with van der Waals surface area (Å²) in [6.07, 6.45) is 9.11. The van der Waals surface area contributed by atoms with Gasteiger partial charge in [0.1, 0.15) is 0 Å². The Kier molecular flexibility index (Phi) is 3.81. The van der Waals surface area contributed by atoms with E-state index in [0.29, 0.717) is 6.10 Å². The highest BCUT2D eigenvalue weighted by molar-refractivity contribution is 4.80. The quantitative estimate of drug-likeness (QED) is 0.587. The molecule has 0 unspecified atom stereocenters. The van der Waals surface area contributed by atoms with Crippen LogP contribution >= 0.6 is 0 Å². The number of rotatable bonds is 3. The van der Waals surface area contributed by atoms with Gasteiger partial charge in [-0.05, 0) is 25.7 Å². The van der Waals surface area contributed by atoms with Gasteiger partial charge in [-0.2, -0.15) is 0 Å². The van der Waals surface area contributed by atoms with Crippen LogP contribution < -0.4 is 0 Å². The Balaban J connectivity index is 2.02. The summed E-state index contributed by atoms with van der Waals surface area (Å²) in [6, 6.07) is 0. The van der Waals surface area contributed by atoms with Gasteiger partial charge >= 0.3 is 0 Å². The Labute approximate surface area is 63.8 Å². The first-order valence-corrected chi connectivity index (χ1v) is 4.38. The van der Waals surface area contributed by atoms with E-state index in [-0.39, 0.29) is 0 Å². The van der Waals surface area contributed by atoms with Gasteiger partial charge < -0.3 is 4.74 Å². The lowest BCUT2D eigenvalue weighted by atomic mass is 10.0. The first-order valence-electron chi connectivity index (χ1n) is 4.38. The summed E-state index contributed by atoms with van der Waals surface area (Å²) in [4.78, 5) is 0. The van der Waals surface area contributed by atoms with E-state index in [2.05, 4.69) is 13.3 Å². The highest BCUT2D eigenvalue weighted by Crippen LogP contribution is 2.16. The van der Waals surface area contributed by atoms with Crippen LogP contribution in [0.1, 0.15) is 39.0 Å². The summed E-state index contributed by atoms with van der Waals surface area (Å²) in [6.45, 7) is 3.20. The van der Waals surface area contributed by atoms with Gasteiger partial charge in [-0.3, -0.25) is 0 Å². The molecule has 1 saturated heterocycles. The molecule has 0 aromatic carbocycles. The molecule has 1 fully saturated rings. The van der Waals surface area contributed by atoms with Crippen molar-refractivity contribution in [3.63, 3.8) is 0 Å². The minimum Gasteiger partial charge on any atom is -0.378 e. The van der Waals surface area contributed by atoms with E-state index in [9.17, 15) is 0 Å². The predicted octanol–water partition coefficient (Wildman–Crippen LogP) is 2.56. The Morgan fingerprint density at radius 1 is 1.60 bits per heavy atom. The summed E-state index contributed by atoms with van der Waals surface area (Å²) in [5.74, 6) is 0. The molecule has 0 spiro atoms. The molecule has 0 aromatic rings. The van der Waals surface area contributed by atoms with Crippen LogP contribution in [-0.4, -0.2) is 12.7 Å². The maximum Gasteiger partial charge on any atom is 0.0606 e. The minimum atomic E-state index is 0.480. The molecular weight excluding hydrogens is 124 g/mol. The second-order valence-corrected chi connectivity index (χ2v) is 2.93. The zero-order valence-electron chi connectivity index (χ0n) is 6.81. The molecule has 59 valence electrons. The van der Waals surface area contributed by atoms with Crippen molar-refractivity contribution in [2.75, 3.05) is 6.61 Å². The van der Waals surface area contributed by atoms with Crippen molar-refractivity contribution in [2.24, 2.45) is 0 Å². The molecule has 1 rings (SSSR count). The minimum absolute atomic E-state index is 0.480. The fourth-order valence-electron chi connectivity index (χ4n) is 1.30. The van der Waals surface area contributed by atoms with E-state index in [1.54, 1.807) is 0 Å². The summed E-state index contributed by atoms with van der Waals surface area (Å²) < 4.78 is 5.52. The topological polar surface area (TPSA) is 9.23 Å². The van der Waals surface area contributed by atoms with E-state index in [1.807, 2.05) is 0 Å². The second kappa shape index (κ2) is 4.73. The fourth-order valence-corrected chi connectivity index (χ4v) is 1.30. The summed E-state index contributed by atoms with van der Waals surface area (Å²) in [7, 11) is 0. The van der Waals surface area contributed by atoms with Crippen LogP contribution in [0.25, 0.3) is 0 Å². The molecule has 0 saturated carbocycles. The van der Waals surface area contributed by atoms with Gasteiger partial charge in [0.15, 0.2) is 0 Å². The van der Waals surface area contributed by atoms with E-state index in [4.69, 9.17) is 4.74 Å². The lowest BCUT2D eigenvalue weighted by molar-refractivity contribution is 0.0428. The van der Waals surface area contributed by atoms with Gasteiger partial charge in [0.25, 0.3) is 0 Å². The van der Waals surface area contributed by atoms with E-state index >= 15 is 0 Å². The molecule has 0 amide bonds. The normalized spacial score (nSPS) is 26.7. The number of unbranched alkanes of at least 4 members (excludes halogenated alkanes) is 1. The highest BCUT2D eigenvalue weighted by atomic mass is 16.5. The molecule has 0 aliphatic carbocycles. The van der Waals surface area contributed by atoms with Crippen molar-refractivity contribution in [1.82, 2.24) is 0 Å². The molecular formula is C9H17O. The van der Waals surface area contributed by atoms with E-state index in [0.717, 1.165) is 6.61 Å². The molecule has 0 aromatic heterocycles. The average molecular weight is 141 g/mol. The van der Waals surface area contributed by atoms with Crippen molar-refractivity contribution in [1.29, 1.82) is 0 Å². The van der Waals surface area contributed by atoms with Crippen molar-refractivity contribution in [2.45, 2.75) is 45.1 Å². The first kappa shape index (κ1) is 8.06. The van der Waals surface area contributed by atoms with Crippen LogP contribution in [0.5, 0.6) is 0 Å². The molecule has 1 radical (unpaired) electrons. The largest absolute Gasteiger partial charge is 0.378 e. The van der Waals surface area contributed by atoms with Crippen LogP contribution in [0, 0.1) is 6.42 Å². The molecule has 1 aliphatic heterocycles. The summed E-state index contributed by atoms with van der Waals surface area (Å²) >= 11 is 0. The van der Waals surface area contributed by atoms with Crippen LogP contribution in [0.4, 0.5) is 0 Å². The van der Waals surface area contributed by atoms with Gasteiger partial charge in [-0.1, -0.05) is 19.8 Å². The maximum atomic E-state index is 5.52. The van der Waals surface area contributed by atoms with Crippen molar-refractivity contribution < 1.29 is 4.74 Å². The summed E-state index contributed by atoms with van der Waals surface area (Å²) in [5.41, 5.74) is 0. The van der Waals surface area contributed by atoms with Crippen LogP contribution in [0.2, 0.25) is 0 Å². The van der Waals surface area contributed by atoms with Crippen molar-refractivity contribution in [3.8, 4) is 0 Å². The molecule has 1 nitrogen and oxygen atoms in total. The Hall–Kier alpha value is -0.0400. The molecule has 0 bridgehead atoms.